The molecule has 1 heterocycles. The number of benzene rings is 1. The zero-order chi connectivity index (χ0) is 12.8. The normalized spacial score (nSPS) is 12.6. The Morgan fingerprint density at radius 2 is 2.06 bits per heavy atom. The van der Waals surface area contributed by atoms with Crippen molar-refractivity contribution in [2.45, 2.75) is 32.7 Å². The molecule has 96 valence electrons. The minimum absolute atomic E-state index is 0.394. The van der Waals surface area contributed by atoms with Gasteiger partial charge in [0.05, 0.1) is 5.51 Å². The second kappa shape index (κ2) is 6.66. The fourth-order valence-electron chi connectivity index (χ4n) is 1.97. The molecule has 0 fully saturated rings. The Balaban J connectivity index is 2.11. The third-order valence-corrected chi connectivity index (χ3v) is 3.81. The molecular weight excluding hydrogens is 240 g/mol. The van der Waals surface area contributed by atoms with Crippen LogP contribution in [0.3, 0.4) is 0 Å². The minimum Gasteiger partial charge on any atom is -0.310 e. The quantitative estimate of drug-likeness (QED) is 0.856. The molecule has 1 atom stereocenters. The van der Waals surface area contributed by atoms with E-state index in [2.05, 4.69) is 48.4 Å². The molecule has 0 amide bonds. The lowest BCUT2D eigenvalue weighted by Crippen LogP contribution is -2.23. The maximum Gasteiger partial charge on any atom is 0.0794 e. The number of hydrogen-bond acceptors (Lipinski definition) is 3. The van der Waals surface area contributed by atoms with Crippen molar-refractivity contribution in [1.29, 1.82) is 0 Å². The Kier molecular flexibility index (Phi) is 4.90. The van der Waals surface area contributed by atoms with Gasteiger partial charge in [-0.1, -0.05) is 36.8 Å². The molecule has 1 unspecified atom stereocenters. The summed E-state index contributed by atoms with van der Waals surface area (Å²) < 4.78 is 0. The van der Waals surface area contributed by atoms with E-state index in [-0.39, 0.29) is 0 Å². The zero-order valence-electron chi connectivity index (χ0n) is 11.0. The van der Waals surface area contributed by atoms with Crippen LogP contribution in [0.5, 0.6) is 0 Å². The molecule has 1 aromatic heterocycles. The Bertz CT molecular complexity index is 448. The van der Waals surface area contributed by atoms with E-state index in [0.29, 0.717) is 6.04 Å². The van der Waals surface area contributed by atoms with Crippen LogP contribution in [0.25, 0.3) is 0 Å². The van der Waals surface area contributed by atoms with Gasteiger partial charge in [-0.3, -0.25) is 4.98 Å². The molecule has 0 aliphatic carbocycles. The van der Waals surface area contributed by atoms with Crippen LogP contribution in [0.15, 0.2) is 36.0 Å². The van der Waals surface area contributed by atoms with Crippen molar-refractivity contribution in [3.05, 3.63) is 52.0 Å². The topological polar surface area (TPSA) is 24.9 Å². The summed E-state index contributed by atoms with van der Waals surface area (Å²) in [5, 5.41) is 3.62. The number of aromatic nitrogens is 1. The molecule has 18 heavy (non-hydrogen) atoms. The lowest BCUT2D eigenvalue weighted by molar-refractivity contribution is 0.532. The van der Waals surface area contributed by atoms with Crippen LogP contribution in [0.2, 0.25) is 0 Å². The largest absolute Gasteiger partial charge is 0.310 e. The third-order valence-electron chi connectivity index (χ3n) is 3.01. The van der Waals surface area contributed by atoms with E-state index in [1.165, 1.54) is 16.0 Å². The van der Waals surface area contributed by atoms with Crippen molar-refractivity contribution < 1.29 is 0 Å². The summed E-state index contributed by atoms with van der Waals surface area (Å²) in [5.74, 6) is 0. The molecule has 1 aromatic carbocycles. The van der Waals surface area contributed by atoms with Crippen molar-refractivity contribution in [2.24, 2.45) is 0 Å². The van der Waals surface area contributed by atoms with Gasteiger partial charge in [-0.15, -0.1) is 11.3 Å². The lowest BCUT2D eigenvalue weighted by atomic mass is 10.0. The van der Waals surface area contributed by atoms with Crippen molar-refractivity contribution in [2.75, 3.05) is 6.54 Å². The first-order valence-corrected chi connectivity index (χ1v) is 7.35. The molecule has 0 bridgehead atoms. The van der Waals surface area contributed by atoms with Crippen LogP contribution in [-0.4, -0.2) is 11.5 Å². The van der Waals surface area contributed by atoms with E-state index >= 15 is 0 Å². The van der Waals surface area contributed by atoms with Gasteiger partial charge in [-0.25, -0.2) is 0 Å². The van der Waals surface area contributed by atoms with Gasteiger partial charge in [0.15, 0.2) is 0 Å². The van der Waals surface area contributed by atoms with Gasteiger partial charge in [0.25, 0.3) is 0 Å². The molecule has 0 spiro atoms. The average Bonchev–Trinajstić information content (AvgIpc) is 2.88. The van der Waals surface area contributed by atoms with Gasteiger partial charge >= 0.3 is 0 Å². The van der Waals surface area contributed by atoms with Gasteiger partial charge in [0.1, 0.15) is 0 Å². The standard InChI is InChI=1S/C15H20N2S/c1-3-8-17-15(9-14-10-16-11-18-14)13-6-4-12(2)5-7-13/h4-7,10-11,15,17H,3,8-9H2,1-2H3. The highest BCUT2D eigenvalue weighted by atomic mass is 32.1. The highest BCUT2D eigenvalue weighted by molar-refractivity contribution is 7.09. The highest BCUT2D eigenvalue weighted by Crippen LogP contribution is 2.21. The molecule has 0 aliphatic heterocycles. The minimum atomic E-state index is 0.394. The number of thiazole rings is 1. The second-order valence-electron chi connectivity index (χ2n) is 4.59. The van der Waals surface area contributed by atoms with Crippen LogP contribution in [0, 0.1) is 6.92 Å². The van der Waals surface area contributed by atoms with Crippen molar-refractivity contribution in [1.82, 2.24) is 10.3 Å². The number of aryl methyl sites for hydroxylation is 1. The number of rotatable bonds is 6. The second-order valence-corrected chi connectivity index (χ2v) is 5.56. The molecule has 0 aliphatic rings. The first-order chi connectivity index (χ1) is 8.79. The van der Waals surface area contributed by atoms with Crippen LogP contribution in [-0.2, 0) is 6.42 Å². The first kappa shape index (κ1) is 13.2. The third kappa shape index (κ3) is 3.65. The first-order valence-electron chi connectivity index (χ1n) is 6.47. The van der Waals surface area contributed by atoms with Crippen molar-refractivity contribution in [3.63, 3.8) is 0 Å². The summed E-state index contributed by atoms with van der Waals surface area (Å²) in [7, 11) is 0. The van der Waals surface area contributed by atoms with E-state index in [1.54, 1.807) is 11.3 Å². The molecule has 2 aromatic rings. The summed E-state index contributed by atoms with van der Waals surface area (Å²) >= 11 is 1.73. The Labute approximate surface area is 113 Å². The maximum absolute atomic E-state index is 4.15. The number of nitrogens with one attached hydrogen (secondary N) is 1. The molecule has 2 nitrogen and oxygen atoms in total. The SMILES string of the molecule is CCCNC(Cc1cncs1)c1ccc(C)cc1. The molecule has 0 saturated heterocycles. The molecular formula is C15H20N2S. The van der Waals surface area contributed by atoms with Gasteiger partial charge in [-0.2, -0.15) is 0 Å². The summed E-state index contributed by atoms with van der Waals surface area (Å²) in [6, 6.07) is 9.21. The average molecular weight is 260 g/mol. The van der Waals surface area contributed by atoms with Crippen LogP contribution < -0.4 is 5.32 Å². The summed E-state index contributed by atoms with van der Waals surface area (Å²) in [4.78, 5) is 5.49. The Morgan fingerprint density at radius 3 is 2.67 bits per heavy atom. The molecule has 2 rings (SSSR count). The monoisotopic (exact) mass is 260 g/mol. The van der Waals surface area contributed by atoms with Crippen molar-refractivity contribution >= 4 is 11.3 Å². The summed E-state index contributed by atoms with van der Waals surface area (Å²) in [6.07, 6.45) is 4.15. The predicted molar refractivity (Wildman–Crippen MR) is 78.0 cm³/mol. The predicted octanol–water partition coefficient (Wildman–Crippen LogP) is 3.73. The van der Waals surface area contributed by atoms with Crippen LogP contribution in [0.4, 0.5) is 0 Å². The van der Waals surface area contributed by atoms with E-state index < -0.39 is 0 Å². The molecule has 1 N–H and O–H groups in total. The smallest absolute Gasteiger partial charge is 0.0794 e. The fourth-order valence-corrected chi connectivity index (χ4v) is 2.61. The maximum atomic E-state index is 4.15. The Morgan fingerprint density at radius 1 is 1.28 bits per heavy atom. The molecule has 0 saturated carbocycles. The van der Waals surface area contributed by atoms with E-state index in [9.17, 15) is 0 Å². The van der Waals surface area contributed by atoms with E-state index in [0.717, 1.165) is 19.4 Å². The fraction of sp³-hybridized carbons (Fsp3) is 0.400. The van der Waals surface area contributed by atoms with Gasteiger partial charge < -0.3 is 5.32 Å². The van der Waals surface area contributed by atoms with Gasteiger partial charge in [-0.05, 0) is 25.5 Å². The van der Waals surface area contributed by atoms with Crippen LogP contribution >= 0.6 is 11.3 Å². The van der Waals surface area contributed by atoms with Crippen LogP contribution in [0.1, 0.15) is 35.4 Å². The highest BCUT2D eigenvalue weighted by Gasteiger charge is 2.12. The van der Waals surface area contributed by atoms with Gasteiger partial charge in [0, 0.05) is 23.5 Å². The number of hydrogen-bond donors (Lipinski definition) is 1. The molecule has 3 heteroatoms. The van der Waals surface area contributed by atoms with E-state index in [4.69, 9.17) is 0 Å². The van der Waals surface area contributed by atoms with E-state index in [1.807, 2.05) is 11.7 Å². The number of nitrogens with zero attached hydrogens (tertiary/aromatic N) is 1. The lowest BCUT2D eigenvalue weighted by Gasteiger charge is -2.18. The zero-order valence-corrected chi connectivity index (χ0v) is 11.8. The van der Waals surface area contributed by atoms with Crippen molar-refractivity contribution in [3.8, 4) is 0 Å². The van der Waals surface area contributed by atoms with Gasteiger partial charge in [0.2, 0.25) is 0 Å². The molecule has 0 radical (unpaired) electrons. The Hall–Kier alpha value is -1.19. The summed E-state index contributed by atoms with van der Waals surface area (Å²) in [6.45, 7) is 5.38. The summed E-state index contributed by atoms with van der Waals surface area (Å²) in [5.41, 5.74) is 4.58.